The van der Waals surface area contributed by atoms with E-state index >= 15 is 0 Å². The van der Waals surface area contributed by atoms with E-state index in [0.717, 1.165) is 0 Å². The topological polar surface area (TPSA) is 63.3 Å². The van der Waals surface area contributed by atoms with E-state index in [1.807, 2.05) is 0 Å². The highest BCUT2D eigenvalue weighted by Gasteiger charge is 2.61. The molecule has 0 amide bonds. The zero-order chi connectivity index (χ0) is 12.7. The molecular weight excluding hydrogens is 240 g/mol. The number of hydrogen-bond donors (Lipinski definition) is 2. The van der Waals surface area contributed by atoms with Crippen molar-refractivity contribution in [3.63, 3.8) is 0 Å². The predicted octanol–water partition coefficient (Wildman–Crippen LogP) is 2.46. The van der Waals surface area contributed by atoms with Crippen LogP contribution in [0.1, 0.15) is 12.0 Å². The summed E-state index contributed by atoms with van der Waals surface area (Å²) in [5.41, 5.74) is 6.10. The Balaban J connectivity index is 2.22. The van der Waals surface area contributed by atoms with Gasteiger partial charge in [-0.15, -0.1) is 6.58 Å². The van der Waals surface area contributed by atoms with E-state index in [-0.39, 0.29) is 17.6 Å². The maximum absolute atomic E-state index is 13.4. The first-order valence-electron chi connectivity index (χ1n) is 5.37. The highest BCUT2D eigenvalue weighted by molar-refractivity contribution is 7.59. The van der Waals surface area contributed by atoms with Crippen LogP contribution in [0.15, 0.2) is 36.9 Å². The van der Waals surface area contributed by atoms with Crippen LogP contribution in [-0.2, 0) is 10.7 Å². The molecule has 1 aliphatic rings. The van der Waals surface area contributed by atoms with Gasteiger partial charge in [0.15, 0.2) is 0 Å². The number of nitrogens with two attached hydrogens (primary N) is 1. The molecule has 0 aromatic heterocycles. The van der Waals surface area contributed by atoms with Crippen molar-refractivity contribution in [2.75, 3.05) is 0 Å². The normalized spacial score (nSPS) is 30.6. The van der Waals surface area contributed by atoms with Crippen LogP contribution in [0, 0.1) is 11.7 Å². The summed E-state index contributed by atoms with van der Waals surface area (Å²) in [5.74, 6) is -0.619. The molecule has 3 atom stereocenters. The fraction of sp³-hybridized carbons (Fsp3) is 0.333. The molecule has 1 fully saturated rings. The van der Waals surface area contributed by atoms with Gasteiger partial charge in [0.25, 0.3) is 0 Å². The number of rotatable bonds is 4. The van der Waals surface area contributed by atoms with Crippen molar-refractivity contribution in [3.05, 3.63) is 48.3 Å². The van der Waals surface area contributed by atoms with Crippen molar-refractivity contribution in [1.29, 1.82) is 0 Å². The van der Waals surface area contributed by atoms with Crippen molar-refractivity contribution in [3.8, 4) is 0 Å². The van der Waals surface area contributed by atoms with Gasteiger partial charge in [-0.3, -0.25) is 4.57 Å². The van der Waals surface area contributed by atoms with Gasteiger partial charge in [0.05, 0.1) is 6.16 Å². The first-order chi connectivity index (χ1) is 7.90. The Kier molecular flexibility index (Phi) is 2.98. The van der Waals surface area contributed by atoms with Crippen molar-refractivity contribution >= 4 is 7.37 Å². The smallest absolute Gasteiger partial charge is 0.224 e. The predicted molar refractivity (Wildman–Crippen MR) is 65.2 cm³/mol. The van der Waals surface area contributed by atoms with E-state index in [4.69, 9.17) is 5.73 Å². The molecule has 2 rings (SSSR count). The molecule has 0 aliphatic heterocycles. The molecule has 3 N–H and O–H groups in total. The van der Waals surface area contributed by atoms with E-state index in [1.54, 1.807) is 18.2 Å². The summed E-state index contributed by atoms with van der Waals surface area (Å²) in [4.78, 5) is 10.0. The Morgan fingerprint density at radius 1 is 1.65 bits per heavy atom. The van der Waals surface area contributed by atoms with E-state index in [0.29, 0.717) is 6.42 Å². The van der Waals surface area contributed by atoms with Crippen molar-refractivity contribution in [1.82, 2.24) is 0 Å². The molecule has 0 spiro atoms. The zero-order valence-corrected chi connectivity index (χ0v) is 10.2. The van der Waals surface area contributed by atoms with Crippen LogP contribution >= 0.6 is 7.37 Å². The first-order valence-corrected chi connectivity index (χ1v) is 7.22. The highest BCUT2D eigenvalue weighted by atomic mass is 31.2. The molecule has 1 aliphatic carbocycles. The second-order valence-corrected chi connectivity index (χ2v) is 7.04. The lowest BCUT2D eigenvalue weighted by Crippen LogP contribution is -2.25. The van der Waals surface area contributed by atoms with E-state index in [9.17, 15) is 13.8 Å². The van der Waals surface area contributed by atoms with Crippen LogP contribution in [0.3, 0.4) is 0 Å². The fourth-order valence-electron chi connectivity index (χ4n) is 1.99. The molecule has 17 heavy (non-hydrogen) atoms. The lowest BCUT2D eigenvalue weighted by molar-refractivity contribution is 0.454. The molecule has 1 aromatic rings. The minimum atomic E-state index is -3.62. The Labute approximate surface area is 99.6 Å². The van der Waals surface area contributed by atoms with E-state index in [2.05, 4.69) is 6.58 Å². The second kappa shape index (κ2) is 4.05. The third-order valence-corrected chi connectivity index (χ3v) is 5.89. The maximum atomic E-state index is 13.4. The van der Waals surface area contributed by atoms with Gasteiger partial charge in [-0.25, -0.2) is 4.39 Å². The van der Waals surface area contributed by atoms with Crippen molar-refractivity contribution in [2.45, 2.75) is 17.9 Å². The minimum Gasteiger partial charge on any atom is -0.343 e. The molecule has 1 saturated carbocycles. The summed E-state index contributed by atoms with van der Waals surface area (Å²) in [6.07, 6.45) is 1.81. The standard InChI is InChI=1S/C12H15FNO2P/c1-2-10-7-12(10,14)17(15,16)8-9-5-3-4-6-11(9)13/h2-6,10H,1,7-8,14H2,(H,15,16). The van der Waals surface area contributed by atoms with Crippen LogP contribution in [0.5, 0.6) is 0 Å². The van der Waals surface area contributed by atoms with Crippen molar-refractivity contribution < 1.29 is 13.8 Å². The summed E-state index contributed by atoms with van der Waals surface area (Å²) in [5, 5.41) is -1.11. The van der Waals surface area contributed by atoms with Crippen molar-refractivity contribution in [2.24, 2.45) is 11.7 Å². The summed E-state index contributed by atoms with van der Waals surface area (Å²) in [7, 11) is -3.62. The van der Waals surface area contributed by atoms with Gasteiger partial charge in [-0.05, 0) is 18.1 Å². The average molecular weight is 255 g/mol. The van der Waals surface area contributed by atoms with Crippen LogP contribution in [-0.4, -0.2) is 10.2 Å². The van der Waals surface area contributed by atoms with Gasteiger partial charge < -0.3 is 10.6 Å². The summed E-state index contributed by atoms with van der Waals surface area (Å²) >= 11 is 0. The Bertz CT molecular complexity index is 505. The Morgan fingerprint density at radius 3 is 2.82 bits per heavy atom. The van der Waals surface area contributed by atoms with Gasteiger partial charge in [-0.2, -0.15) is 0 Å². The molecule has 0 saturated heterocycles. The molecule has 0 radical (unpaired) electrons. The van der Waals surface area contributed by atoms with Gasteiger partial charge >= 0.3 is 0 Å². The van der Waals surface area contributed by atoms with Crippen LogP contribution < -0.4 is 5.73 Å². The monoisotopic (exact) mass is 255 g/mol. The van der Waals surface area contributed by atoms with Gasteiger partial charge in [0.1, 0.15) is 11.1 Å². The van der Waals surface area contributed by atoms with Gasteiger partial charge in [0.2, 0.25) is 7.37 Å². The zero-order valence-electron chi connectivity index (χ0n) is 9.34. The molecule has 0 bridgehead atoms. The number of benzene rings is 1. The number of hydrogen-bond acceptors (Lipinski definition) is 2. The number of halogens is 1. The summed E-state index contributed by atoms with van der Waals surface area (Å²) in [6, 6.07) is 5.96. The lowest BCUT2D eigenvalue weighted by Gasteiger charge is -2.19. The third kappa shape index (κ3) is 2.08. The molecule has 5 heteroatoms. The molecular formula is C12H15FNO2P. The molecule has 3 nitrogen and oxygen atoms in total. The summed E-state index contributed by atoms with van der Waals surface area (Å²) in [6.45, 7) is 3.57. The van der Waals surface area contributed by atoms with E-state index in [1.165, 1.54) is 12.1 Å². The van der Waals surface area contributed by atoms with Crippen LogP contribution in [0.2, 0.25) is 0 Å². The SMILES string of the molecule is C=CC1CC1(N)P(=O)(O)Cc1ccccc1F. The van der Waals surface area contributed by atoms with Crippen LogP contribution in [0.25, 0.3) is 0 Å². The minimum absolute atomic E-state index is 0.148. The Morgan fingerprint density at radius 2 is 2.29 bits per heavy atom. The highest BCUT2D eigenvalue weighted by Crippen LogP contribution is 2.69. The molecule has 0 heterocycles. The fourth-order valence-corrected chi connectivity index (χ4v) is 4.11. The summed E-state index contributed by atoms with van der Waals surface area (Å²) < 4.78 is 25.6. The molecule has 92 valence electrons. The third-order valence-electron chi connectivity index (χ3n) is 3.31. The molecule has 3 unspecified atom stereocenters. The first kappa shape index (κ1) is 12.5. The van der Waals surface area contributed by atoms with Gasteiger partial charge in [-0.1, -0.05) is 24.3 Å². The Hall–Kier alpha value is -0.960. The van der Waals surface area contributed by atoms with Gasteiger partial charge in [0, 0.05) is 5.92 Å². The quantitative estimate of drug-likeness (QED) is 0.641. The average Bonchev–Trinajstić information content (AvgIpc) is 2.95. The lowest BCUT2D eigenvalue weighted by atomic mass is 10.2. The largest absolute Gasteiger partial charge is 0.343 e. The second-order valence-electron chi connectivity index (χ2n) is 4.49. The molecule has 1 aromatic carbocycles. The van der Waals surface area contributed by atoms with E-state index < -0.39 is 18.5 Å². The van der Waals surface area contributed by atoms with Crippen LogP contribution in [0.4, 0.5) is 4.39 Å². The maximum Gasteiger partial charge on any atom is 0.224 e.